The summed E-state index contributed by atoms with van der Waals surface area (Å²) in [6.45, 7) is 3.05. The number of carbonyl (C=O) groups is 1. The van der Waals surface area contributed by atoms with Crippen molar-refractivity contribution < 1.29 is 9.90 Å². The lowest BCUT2D eigenvalue weighted by Crippen LogP contribution is -2.15. The lowest BCUT2D eigenvalue weighted by Gasteiger charge is -2.21. The molecule has 1 aromatic carbocycles. The number of aromatic carboxylic acids is 1. The molecule has 0 aromatic heterocycles. The molecule has 0 saturated heterocycles. The number of fused-ring (bicyclic) bond motifs is 1. The third-order valence-corrected chi connectivity index (χ3v) is 2.85. The largest absolute Gasteiger partial charge is 0.478 e. The summed E-state index contributed by atoms with van der Waals surface area (Å²) in [6, 6.07) is 3.57. The number of hydrogen-bond donors (Lipinski definition) is 2. The summed E-state index contributed by atoms with van der Waals surface area (Å²) in [7, 11) is 0. The van der Waals surface area contributed by atoms with Crippen molar-refractivity contribution >= 4 is 11.7 Å². The van der Waals surface area contributed by atoms with E-state index in [1.165, 1.54) is 0 Å². The van der Waals surface area contributed by atoms with Crippen LogP contribution < -0.4 is 5.32 Å². The molecule has 0 radical (unpaired) electrons. The SMILES string of the molecule is CCc1cc(C(=O)O)cc2c1NCCC2. The van der Waals surface area contributed by atoms with Crippen LogP contribution >= 0.6 is 0 Å². The van der Waals surface area contributed by atoms with E-state index in [9.17, 15) is 4.79 Å². The van der Waals surface area contributed by atoms with Gasteiger partial charge in [-0.2, -0.15) is 0 Å². The minimum absolute atomic E-state index is 0.411. The van der Waals surface area contributed by atoms with E-state index in [4.69, 9.17) is 5.11 Å². The molecule has 0 unspecified atom stereocenters. The Balaban J connectivity index is 2.52. The van der Waals surface area contributed by atoms with Crippen molar-refractivity contribution in [1.82, 2.24) is 0 Å². The van der Waals surface area contributed by atoms with E-state index in [1.807, 2.05) is 0 Å². The van der Waals surface area contributed by atoms with Crippen molar-refractivity contribution in [2.75, 3.05) is 11.9 Å². The Labute approximate surface area is 89.1 Å². The smallest absolute Gasteiger partial charge is 0.335 e. The van der Waals surface area contributed by atoms with E-state index in [0.29, 0.717) is 5.56 Å². The maximum atomic E-state index is 10.9. The molecular formula is C12H15NO2. The highest BCUT2D eigenvalue weighted by atomic mass is 16.4. The molecule has 1 heterocycles. The molecule has 0 amide bonds. The quantitative estimate of drug-likeness (QED) is 0.778. The molecule has 15 heavy (non-hydrogen) atoms. The van der Waals surface area contributed by atoms with Crippen LogP contribution in [0.3, 0.4) is 0 Å². The first-order valence-electron chi connectivity index (χ1n) is 5.35. The number of rotatable bonds is 2. The number of anilines is 1. The van der Waals surface area contributed by atoms with Crippen LogP contribution in [0.15, 0.2) is 12.1 Å². The zero-order chi connectivity index (χ0) is 10.8. The molecule has 0 spiro atoms. The van der Waals surface area contributed by atoms with Gasteiger partial charge in [-0.3, -0.25) is 0 Å². The highest BCUT2D eigenvalue weighted by molar-refractivity contribution is 5.89. The first-order valence-corrected chi connectivity index (χ1v) is 5.35. The number of benzene rings is 1. The summed E-state index contributed by atoms with van der Waals surface area (Å²) < 4.78 is 0. The molecule has 1 aliphatic rings. The first kappa shape index (κ1) is 10.0. The molecule has 2 N–H and O–H groups in total. The molecule has 0 fully saturated rings. The predicted octanol–water partition coefficient (Wildman–Crippen LogP) is 2.31. The highest BCUT2D eigenvalue weighted by Crippen LogP contribution is 2.28. The minimum Gasteiger partial charge on any atom is -0.478 e. The van der Waals surface area contributed by atoms with E-state index in [1.54, 1.807) is 12.1 Å². The summed E-state index contributed by atoms with van der Waals surface area (Å²) in [5, 5.41) is 12.3. The normalized spacial score (nSPS) is 14.2. The fourth-order valence-electron chi connectivity index (χ4n) is 2.09. The lowest BCUT2D eigenvalue weighted by molar-refractivity contribution is 0.0696. The molecular weight excluding hydrogens is 190 g/mol. The maximum Gasteiger partial charge on any atom is 0.335 e. The van der Waals surface area contributed by atoms with Crippen LogP contribution in [0.4, 0.5) is 5.69 Å². The Bertz CT molecular complexity index is 382. The van der Waals surface area contributed by atoms with Crippen LogP contribution in [-0.4, -0.2) is 17.6 Å². The third-order valence-electron chi connectivity index (χ3n) is 2.85. The van der Waals surface area contributed by atoms with Gasteiger partial charge in [-0.05, 0) is 42.5 Å². The highest BCUT2D eigenvalue weighted by Gasteiger charge is 2.15. The van der Waals surface area contributed by atoms with Crippen molar-refractivity contribution in [3.63, 3.8) is 0 Å². The third kappa shape index (κ3) is 1.82. The van der Waals surface area contributed by atoms with Crippen LogP contribution in [0.2, 0.25) is 0 Å². The van der Waals surface area contributed by atoms with Crippen LogP contribution in [0.5, 0.6) is 0 Å². The maximum absolute atomic E-state index is 10.9. The first-order chi connectivity index (χ1) is 7.22. The molecule has 0 bridgehead atoms. The van der Waals surface area contributed by atoms with Crippen molar-refractivity contribution in [2.24, 2.45) is 0 Å². The molecule has 1 aliphatic heterocycles. The number of hydrogen-bond acceptors (Lipinski definition) is 2. The number of carboxylic acids is 1. The summed E-state index contributed by atoms with van der Waals surface area (Å²) >= 11 is 0. The van der Waals surface area contributed by atoms with E-state index < -0.39 is 5.97 Å². The molecule has 0 saturated carbocycles. The van der Waals surface area contributed by atoms with Crippen LogP contribution in [-0.2, 0) is 12.8 Å². The monoisotopic (exact) mass is 205 g/mol. The van der Waals surface area contributed by atoms with Crippen LogP contribution in [0, 0.1) is 0 Å². The Kier molecular flexibility index (Phi) is 2.62. The summed E-state index contributed by atoms with van der Waals surface area (Å²) in [5.74, 6) is -0.835. The lowest BCUT2D eigenvalue weighted by atomic mass is 9.95. The number of carboxylic acid groups (broad SMARTS) is 1. The van der Waals surface area contributed by atoms with Crippen molar-refractivity contribution in [2.45, 2.75) is 26.2 Å². The second kappa shape index (κ2) is 3.93. The van der Waals surface area contributed by atoms with Gasteiger partial charge in [0.15, 0.2) is 0 Å². The van der Waals surface area contributed by atoms with Crippen molar-refractivity contribution in [3.8, 4) is 0 Å². The second-order valence-corrected chi connectivity index (χ2v) is 3.86. The van der Waals surface area contributed by atoms with E-state index in [0.717, 1.165) is 42.6 Å². The van der Waals surface area contributed by atoms with Crippen LogP contribution in [0.1, 0.15) is 34.8 Å². The average Bonchev–Trinajstić information content (AvgIpc) is 2.27. The molecule has 0 atom stereocenters. The molecule has 3 heteroatoms. The zero-order valence-corrected chi connectivity index (χ0v) is 8.84. The van der Waals surface area contributed by atoms with Crippen LogP contribution in [0.25, 0.3) is 0 Å². The zero-order valence-electron chi connectivity index (χ0n) is 8.84. The average molecular weight is 205 g/mol. The number of aryl methyl sites for hydroxylation is 2. The summed E-state index contributed by atoms with van der Waals surface area (Å²) in [6.07, 6.45) is 2.94. The molecule has 80 valence electrons. The van der Waals surface area contributed by atoms with Gasteiger partial charge in [0.2, 0.25) is 0 Å². The second-order valence-electron chi connectivity index (χ2n) is 3.86. The summed E-state index contributed by atoms with van der Waals surface area (Å²) in [5.41, 5.74) is 3.84. The predicted molar refractivity (Wildman–Crippen MR) is 59.6 cm³/mol. The number of nitrogens with one attached hydrogen (secondary N) is 1. The van der Waals surface area contributed by atoms with Crippen molar-refractivity contribution in [3.05, 3.63) is 28.8 Å². The minimum atomic E-state index is -0.835. The molecule has 2 rings (SSSR count). The van der Waals surface area contributed by atoms with Gasteiger partial charge < -0.3 is 10.4 Å². The van der Waals surface area contributed by atoms with Gasteiger partial charge in [-0.25, -0.2) is 4.79 Å². The topological polar surface area (TPSA) is 49.3 Å². The fraction of sp³-hybridized carbons (Fsp3) is 0.417. The standard InChI is InChI=1S/C12H15NO2/c1-2-8-6-10(12(14)15)7-9-4-3-5-13-11(8)9/h6-7,13H,2-5H2,1H3,(H,14,15). The van der Waals surface area contributed by atoms with E-state index in [2.05, 4.69) is 12.2 Å². The van der Waals surface area contributed by atoms with Gasteiger partial charge in [0.25, 0.3) is 0 Å². The van der Waals surface area contributed by atoms with Gasteiger partial charge in [0.1, 0.15) is 0 Å². The Hall–Kier alpha value is -1.51. The molecule has 3 nitrogen and oxygen atoms in total. The van der Waals surface area contributed by atoms with Gasteiger partial charge in [-0.1, -0.05) is 6.92 Å². The Morgan fingerprint density at radius 3 is 3.00 bits per heavy atom. The van der Waals surface area contributed by atoms with Gasteiger partial charge in [0, 0.05) is 12.2 Å². The van der Waals surface area contributed by atoms with E-state index in [-0.39, 0.29) is 0 Å². The van der Waals surface area contributed by atoms with Gasteiger partial charge in [0.05, 0.1) is 5.56 Å². The summed E-state index contributed by atoms with van der Waals surface area (Å²) in [4.78, 5) is 10.9. The van der Waals surface area contributed by atoms with Crippen molar-refractivity contribution in [1.29, 1.82) is 0 Å². The van der Waals surface area contributed by atoms with Gasteiger partial charge in [-0.15, -0.1) is 0 Å². The Morgan fingerprint density at radius 1 is 1.53 bits per heavy atom. The molecule has 1 aromatic rings. The fourth-order valence-corrected chi connectivity index (χ4v) is 2.09. The van der Waals surface area contributed by atoms with Gasteiger partial charge >= 0.3 is 5.97 Å². The van der Waals surface area contributed by atoms with E-state index >= 15 is 0 Å². The Morgan fingerprint density at radius 2 is 2.33 bits per heavy atom. The molecule has 0 aliphatic carbocycles.